The topological polar surface area (TPSA) is 116 Å². The Kier molecular flexibility index (Phi) is 2.99. The van der Waals surface area contributed by atoms with E-state index in [2.05, 4.69) is 0 Å². The van der Waals surface area contributed by atoms with E-state index in [1.807, 2.05) is 0 Å². The molecule has 1 aliphatic rings. The molecule has 72 valence electrons. The van der Waals surface area contributed by atoms with Gasteiger partial charge in [-0.3, -0.25) is 0 Å². The zero-order chi connectivity index (χ0) is 9.30. The van der Waals surface area contributed by atoms with Crippen LogP contribution in [0, 0.1) is 0 Å². The maximum absolute atomic E-state index is 9.20. The van der Waals surface area contributed by atoms with Crippen LogP contribution in [-0.2, 0) is 4.74 Å². The van der Waals surface area contributed by atoms with Crippen LogP contribution >= 0.6 is 0 Å². The molecule has 1 heterocycles. The molecule has 0 saturated carbocycles. The van der Waals surface area contributed by atoms with Gasteiger partial charge < -0.3 is 30.9 Å². The van der Waals surface area contributed by atoms with Gasteiger partial charge in [-0.2, -0.15) is 0 Å². The lowest BCUT2D eigenvalue weighted by Crippen LogP contribution is -2.45. The second-order valence-corrected chi connectivity index (χ2v) is 2.82. The maximum Gasteiger partial charge on any atom is 0.184 e. The number of aliphatic hydroxyl groups is 4. The summed E-state index contributed by atoms with van der Waals surface area (Å²) in [7, 11) is 0. The second kappa shape index (κ2) is 3.65. The third-order valence-electron chi connectivity index (χ3n) is 1.91. The molecule has 0 bridgehead atoms. The van der Waals surface area contributed by atoms with Crippen molar-refractivity contribution < 1.29 is 25.2 Å². The van der Waals surface area contributed by atoms with Gasteiger partial charge in [0, 0.05) is 0 Å². The van der Waals surface area contributed by atoms with Gasteiger partial charge in [0.2, 0.25) is 0 Å². The summed E-state index contributed by atoms with van der Waals surface area (Å²) in [4.78, 5) is 0. The minimum Gasteiger partial charge on any atom is -0.395 e. The lowest BCUT2D eigenvalue weighted by molar-refractivity contribution is -0.131. The van der Waals surface area contributed by atoms with Crippen LogP contribution < -0.4 is 5.73 Å². The van der Waals surface area contributed by atoms with E-state index in [0.717, 1.165) is 0 Å². The smallest absolute Gasteiger partial charge is 0.184 e. The Bertz CT molecular complexity index is 155. The van der Waals surface area contributed by atoms with E-state index in [0.29, 0.717) is 0 Å². The molecule has 0 aromatic carbocycles. The molecular weight excluding hydrogens is 166 g/mol. The predicted molar refractivity (Wildman–Crippen MR) is 38.0 cm³/mol. The van der Waals surface area contributed by atoms with E-state index in [4.69, 9.17) is 25.8 Å². The van der Waals surface area contributed by atoms with Crippen molar-refractivity contribution in [3.8, 4) is 0 Å². The molecule has 0 unspecified atom stereocenters. The number of ether oxygens (including phenoxy) is 1. The molecule has 0 amide bonds. The number of hydrogen-bond donors (Lipinski definition) is 5. The minimum absolute atomic E-state index is 0.374. The van der Waals surface area contributed by atoms with Crippen molar-refractivity contribution >= 4 is 0 Å². The van der Waals surface area contributed by atoms with Crippen LogP contribution in [0.15, 0.2) is 0 Å². The summed E-state index contributed by atoms with van der Waals surface area (Å²) < 4.78 is 4.71. The molecule has 0 radical (unpaired) electrons. The predicted octanol–water partition coefficient (Wildman–Crippen LogP) is -3.25. The first-order valence-corrected chi connectivity index (χ1v) is 3.64. The van der Waals surface area contributed by atoms with Crippen molar-refractivity contribution in [1.82, 2.24) is 0 Å². The van der Waals surface area contributed by atoms with Crippen molar-refractivity contribution in [3.05, 3.63) is 0 Å². The van der Waals surface area contributed by atoms with Crippen molar-refractivity contribution in [2.24, 2.45) is 5.73 Å². The zero-order valence-electron chi connectivity index (χ0n) is 6.37. The van der Waals surface area contributed by atoms with Gasteiger partial charge in [0.25, 0.3) is 0 Å². The number of hydrogen-bond acceptors (Lipinski definition) is 6. The van der Waals surface area contributed by atoms with Gasteiger partial charge in [0.05, 0.1) is 12.6 Å². The summed E-state index contributed by atoms with van der Waals surface area (Å²) in [6, 6.07) is -0.799. The SMILES string of the molecule is N[C@@H](CO)[C@H]1O[C@H](O)[C@H](O)[C@H]1O. The number of rotatable bonds is 2. The molecular formula is C6H13NO5. The van der Waals surface area contributed by atoms with Crippen LogP contribution in [0.4, 0.5) is 0 Å². The maximum atomic E-state index is 9.20. The molecule has 5 atom stereocenters. The normalized spacial score (nSPS) is 44.8. The van der Waals surface area contributed by atoms with Crippen molar-refractivity contribution in [2.45, 2.75) is 30.6 Å². The Morgan fingerprint density at radius 3 is 2.17 bits per heavy atom. The zero-order valence-corrected chi connectivity index (χ0v) is 6.37. The van der Waals surface area contributed by atoms with Crippen molar-refractivity contribution in [2.75, 3.05) is 6.61 Å². The molecule has 0 aromatic rings. The lowest BCUT2D eigenvalue weighted by Gasteiger charge is -2.19. The van der Waals surface area contributed by atoms with E-state index >= 15 is 0 Å². The average Bonchev–Trinajstić information content (AvgIpc) is 2.32. The number of aliphatic hydroxyl groups excluding tert-OH is 4. The summed E-state index contributed by atoms with van der Waals surface area (Å²) in [5.41, 5.74) is 5.34. The van der Waals surface area contributed by atoms with Gasteiger partial charge in [-0.25, -0.2) is 0 Å². The molecule has 0 aromatic heterocycles. The van der Waals surface area contributed by atoms with E-state index < -0.39 is 30.6 Å². The van der Waals surface area contributed by atoms with E-state index in [1.54, 1.807) is 0 Å². The van der Waals surface area contributed by atoms with Crippen LogP contribution in [0.3, 0.4) is 0 Å². The Hall–Kier alpha value is -0.240. The molecule has 6 N–H and O–H groups in total. The van der Waals surface area contributed by atoms with Crippen LogP contribution in [0.1, 0.15) is 0 Å². The van der Waals surface area contributed by atoms with Gasteiger partial charge in [-0.1, -0.05) is 0 Å². The summed E-state index contributed by atoms with van der Waals surface area (Å²) >= 11 is 0. The molecule has 12 heavy (non-hydrogen) atoms. The van der Waals surface area contributed by atoms with E-state index in [9.17, 15) is 5.11 Å². The Morgan fingerprint density at radius 1 is 1.25 bits per heavy atom. The highest BCUT2D eigenvalue weighted by Gasteiger charge is 2.44. The highest BCUT2D eigenvalue weighted by atomic mass is 16.6. The van der Waals surface area contributed by atoms with Crippen LogP contribution in [0.2, 0.25) is 0 Å². The fraction of sp³-hybridized carbons (Fsp3) is 1.00. The highest BCUT2D eigenvalue weighted by Crippen LogP contribution is 2.20. The van der Waals surface area contributed by atoms with Gasteiger partial charge >= 0.3 is 0 Å². The van der Waals surface area contributed by atoms with Crippen molar-refractivity contribution in [3.63, 3.8) is 0 Å². The molecule has 6 nitrogen and oxygen atoms in total. The van der Waals surface area contributed by atoms with Gasteiger partial charge in [-0.05, 0) is 0 Å². The first-order chi connectivity index (χ1) is 5.57. The molecule has 1 aliphatic heterocycles. The average molecular weight is 179 g/mol. The quantitative estimate of drug-likeness (QED) is 0.304. The third-order valence-corrected chi connectivity index (χ3v) is 1.91. The first kappa shape index (κ1) is 9.85. The van der Waals surface area contributed by atoms with Crippen LogP contribution in [-0.4, -0.2) is 57.7 Å². The second-order valence-electron chi connectivity index (χ2n) is 2.82. The van der Waals surface area contributed by atoms with Gasteiger partial charge in [0.1, 0.15) is 18.3 Å². The molecule has 6 heteroatoms. The molecule has 0 spiro atoms. The summed E-state index contributed by atoms with van der Waals surface area (Å²) in [5.74, 6) is 0. The Morgan fingerprint density at radius 2 is 1.83 bits per heavy atom. The monoisotopic (exact) mass is 179 g/mol. The van der Waals surface area contributed by atoms with Gasteiger partial charge in [0.15, 0.2) is 6.29 Å². The standard InChI is InChI=1S/C6H13NO5/c7-2(1-8)5-3(9)4(10)6(11)12-5/h2-6,8-11H,1,7H2/t2-,3+,4+,5+,6-/m0/s1. The molecule has 1 saturated heterocycles. The molecule has 1 rings (SSSR count). The third kappa shape index (κ3) is 1.58. The first-order valence-electron chi connectivity index (χ1n) is 3.64. The summed E-state index contributed by atoms with van der Waals surface area (Å²) in [6.45, 7) is -0.374. The lowest BCUT2D eigenvalue weighted by atomic mass is 10.1. The Labute approximate surface area is 69.2 Å². The van der Waals surface area contributed by atoms with E-state index in [1.165, 1.54) is 0 Å². The minimum atomic E-state index is -1.43. The van der Waals surface area contributed by atoms with Crippen LogP contribution in [0.25, 0.3) is 0 Å². The summed E-state index contributed by atoms with van der Waals surface area (Å²) in [5, 5.41) is 35.7. The van der Waals surface area contributed by atoms with E-state index in [-0.39, 0.29) is 6.61 Å². The van der Waals surface area contributed by atoms with Gasteiger partial charge in [-0.15, -0.1) is 0 Å². The fourth-order valence-electron chi connectivity index (χ4n) is 1.14. The fourth-order valence-corrected chi connectivity index (χ4v) is 1.14. The van der Waals surface area contributed by atoms with Crippen LogP contribution in [0.5, 0.6) is 0 Å². The molecule has 1 fully saturated rings. The largest absolute Gasteiger partial charge is 0.395 e. The Balaban J connectivity index is 2.58. The summed E-state index contributed by atoms with van der Waals surface area (Å²) in [6.07, 6.45) is -4.95. The van der Waals surface area contributed by atoms with Crippen molar-refractivity contribution in [1.29, 1.82) is 0 Å². The molecule has 0 aliphatic carbocycles. The highest BCUT2D eigenvalue weighted by molar-refractivity contribution is 4.91. The number of nitrogens with two attached hydrogens (primary N) is 1.